The van der Waals surface area contributed by atoms with E-state index in [1.165, 1.54) is 6.07 Å². The van der Waals surface area contributed by atoms with Gasteiger partial charge in [-0.2, -0.15) is 0 Å². The van der Waals surface area contributed by atoms with Crippen LogP contribution >= 0.6 is 24.0 Å². The summed E-state index contributed by atoms with van der Waals surface area (Å²) in [5.74, 6) is -0.558. The third-order valence-corrected chi connectivity index (χ3v) is 2.64. The molecule has 0 heterocycles. The average Bonchev–Trinajstić information content (AvgIpc) is 2.42. The maximum Gasteiger partial charge on any atom is 0.188 e. The van der Waals surface area contributed by atoms with Gasteiger partial charge in [0.2, 0.25) is 0 Å². The predicted octanol–water partition coefficient (Wildman–Crippen LogP) is 2.46. The molecule has 0 aliphatic rings. The lowest BCUT2D eigenvalue weighted by Crippen LogP contribution is -2.33. The topological polar surface area (TPSA) is 59.6 Å². The molecule has 0 amide bonds. The van der Waals surface area contributed by atoms with Crippen molar-refractivity contribution >= 4 is 29.9 Å². The Hall–Kier alpha value is -0.960. The minimum absolute atomic E-state index is 0. The number of benzene rings is 1. The SMILES string of the molecule is CCOCCCN=C(N)NCCc1cc(F)ccc1F.I. The van der Waals surface area contributed by atoms with Crippen LogP contribution in [0.5, 0.6) is 0 Å². The maximum absolute atomic E-state index is 13.3. The monoisotopic (exact) mass is 413 g/mol. The van der Waals surface area contributed by atoms with Gasteiger partial charge in [0, 0.05) is 26.3 Å². The van der Waals surface area contributed by atoms with Crippen molar-refractivity contribution in [1.82, 2.24) is 5.32 Å². The molecular formula is C14H22F2IN3O. The molecule has 0 radical (unpaired) electrons. The highest BCUT2D eigenvalue weighted by molar-refractivity contribution is 14.0. The minimum Gasteiger partial charge on any atom is -0.382 e. The Balaban J connectivity index is 0.00000400. The second-order valence-electron chi connectivity index (χ2n) is 4.23. The van der Waals surface area contributed by atoms with Crippen LogP contribution < -0.4 is 11.1 Å². The van der Waals surface area contributed by atoms with Crippen LogP contribution in [0, 0.1) is 11.6 Å². The summed E-state index contributed by atoms with van der Waals surface area (Å²) in [7, 11) is 0. The van der Waals surface area contributed by atoms with Crippen LogP contribution in [0.15, 0.2) is 23.2 Å². The van der Waals surface area contributed by atoms with Gasteiger partial charge in [-0.15, -0.1) is 24.0 Å². The number of guanidine groups is 1. The average molecular weight is 413 g/mol. The van der Waals surface area contributed by atoms with Gasteiger partial charge in [0.1, 0.15) is 11.6 Å². The Morgan fingerprint density at radius 3 is 2.86 bits per heavy atom. The molecule has 7 heteroatoms. The van der Waals surface area contributed by atoms with Crippen molar-refractivity contribution in [3.63, 3.8) is 0 Å². The molecule has 0 unspecified atom stereocenters. The van der Waals surface area contributed by atoms with E-state index in [1.807, 2.05) is 6.92 Å². The molecular weight excluding hydrogens is 391 g/mol. The summed E-state index contributed by atoms with van der Waals surface area (Å²) < 4.78 is 31.5. The van der Waals surface area contributed by atoms with E-state index in [1.54, 1.807) is 0 Å². The second-order valence-corrected chi connectivity index (χ2v) is 4.23. The molecule has 0 aliphatic carbocycles. The summed E-state index contributed by atoms with van der Waals surface area (Å²) in [5.41, 5.74) is 5.97. The highest BCUT2D eigenvalue weighted by Gasteiger charge is 2.03. The van der Waals surface area contributed by atoms with Gasteiger partial charge in [-0.1, -0.05) is 0 Å². The van der Waals surface area contributed by atoms with Gasteiger partial charge in [0.15, 0.2) is 5.96 Å². The zero-order valence-electron chi connectivity index (χ0n) is 12.1. The third-order valence-electron chi connectivity index (χ3n) is 2.64. The molecule has 1 aromatic carbocycles. The number of nitrogens with two attached hydrogens (primary N) is 1. The zero-order chi connectivity index (χ0) is 14.8. The first kappa shape index (κ1) is 20.0. The van der Waals surface area contributed by atoms with Crippen LogP contribution in [0.4, 0.5) is 8.78 Å². The molecule has 0 saturated carbocycles. The normalized spacial score (nSPS) is 11.1. The Morgan fingerprint density at radius 1 is 1.38 bits per heavy atom. The van der Waals surface area contributed by atoms with Crippen molar-refractivity contribution in [2.24, 2.45) is 10.7 Å². The molecule has 3 N–H and O–H groups in total. The number of aliphatic imine (C=N–C) groups is 1. The first-order valence-corrected chi connectivity index (χ1v) is 6.69. The van der Waals surface area contributed by atoms with Gasteiger partial charge >= 0.3 is 0 Å². The van der Waals surface area contributed by atoms with E-state index >= 15 is 0 Å². The molecule has 0 spiro atoms. The molecule has 0 atom stereocenters. The number of hydrogen-bond donors (Lipinski definition) is 2. The van der Waals surface area contributed by atoms with Crippen LogP contribution in [0.2, 0.25) is 0 Å². The molecule has 0 fully saturated rings. The summed E-state index contributed by atoms with van der Waals surface area (Å²) in [6.45, 7) is 4.26. The van der Waals surface area contributed by atoms with E-state index < -0.39 is 11.6 Å². The van der Waals surface area contributed by atoms with Gasteiger partial charge in [0.05, 0.1) is 0 Å². The molecule has 0 aromatic heterocycles. The largest absolute Gasteiger partial charge is 0.382 e. The van der Waals surface area contributed by atoms with Gasteiger partial charge in [-0.25, -0.2) is 8.78 Å². The van der Waals surface area contributed by atoms with Crippen molar-refractivity contribution in [1.29, 1.82) is 0 Å². The molecule has 1 rings (SSSR count). The van der Waals surface area contributed by atoms with Crippen LogP contribution in [-0.2, 0) is 11.2 Å². The highest BCUT2D eigenvalue weighted by Crippen LogP contribution is 2.09. The molecule has 0 bridgehead atoms. The zero-order valence-corrected chi connectivity index (χ0v) is 14.4. The van der Waals surface area contributed by atoms with E-state index in [0.717, 1.165) is 18.6 Å². The van der Waals surface area contributed by atoms with Gasteiger partial charge in [0.25, 0.3) is 0 Å². The van der Waals surface area contributed by atoms with Gasteiger partial charge < -0.3 is 15.8 Å². The number of nitrogens with one attached hydrogen (secondary N) is 1. The maximum atomic E-state index is 13.3. The molecule has 0 saturated heterocycles. The Bertz CT molecular complexity index is 444. The smallest absolute Gasteiger partial charge is 0.188 e. The van der Waals surface area contributed by atoms with Crippen molar-refractivity contribution in [2.75, 3.05) is 26.3 Å². The fourth-order valence-corrected chi connectivity index (χ4v) is 1.63. The summed E-state index contributed by atoms with van der Waals surface area (Å²) in [4.78, 5) is 4.10. The summed E-state index contributed by atoms with van der Waals surface area (Å²) >= 11 is 0. The van der Waals surface area contributed by atoms with Gasteiger partial charge in [-0.05, 0) is 43.5 Å². The first-order valence-electron chi connectivity index (χ1n) is 6.69. The Kier molecular flexibility index (Phi) is 11.1. The van der Waals surface area contributed by atoms with Crippen molar-refractivity contribution < 1.29 is 13.5 Å². The highest BCUT2D eigenvalue weighted by atomic mass is 127. The van der Waals surface area contributed by atoms with Crippen LogP contribution in [-0.4, -0.2) is 32.3 Å². The van der Waals surface area contributed by atoms with Crippen molar-refractivity contribution in [2.45, 2.75) is 19.8 Å². The molecule has 0 aliphatic heterocycles. The van der Waals surface area contributed by atoms with Crippen molar-refractivity contribution in [3.8, 4) is 0 Å². The molecule has 120 valence electrons. The fraction of sp³-hybridized carbons (Fsp3) is 0.500. The third kappa shape index (κ3) is 8.82. The van der Waals surface area contributed by atoms with Crippen LogP contribution in [0.1, 0.15) is 18.9 Å². The fourth-order valence-electron chi connectivity index (χ4n) is 1.63. The van der Waals surface area contributed by atoms with Crippen LogP contribution in [0.3, 0.4) is 0 Å². The minimum atomic E-state index is -0.445. The molecule has 1 aromatic rings. The van der Waals surface area contributed by atoms with E-state index in [9.17, 15) is 8.78 Å². The van der Waals surface area contributed by atoms with E-state index in [2.05, 4.69) is 10.3 Å². The van der Waals surface area contributed by atoms with Crippen LogP contribution in [0.25, 0.3) is 0 Å². The molecule has 4 nitrogen and oxygen atoms in total. The summed E-state index contributed by atoms with van der Waals surface area (Å²) in [5, 5.41) is 2.87. The number of hydrogen-bond acceptors (Lipinski definition) is 2. The summed E-state index contributed by atoms with van der Waals surface area (Å²) in [6, 6.07) is 3.41. The number of nitrogens with zero attached hydrogens (tertiary/aromatic N) is 1. The van der Waals surface area contributed by atoms with Crippen molar-refractivity contribution in [3.05, 3.63) is 35.4 Å². The van der Waals surface area contributed by atoms with E-state index in [-0.39, 0.29) is 24.0 Å². The number of halogens is 3. The lowest BCUT2D eigenvalue weighted by molar-refractivity contribution is 0.146. The Labute approximate surface area is 141 Å². The van der Waals surface area contributed by atoms with E-state index in [4.69, 9.17) is 10.5 Å². The Morgan fingerprint density at radius 2 is 2.14 bits per heavy atom. The first-order chi connectivity index (χ1) is 9.63. The number of rotatable bonds is 8. The standard InChI is InChI=1S/C14H21F2N3O.HI/c1-2-20-9-3-7-18-14(17)19-8-6-11-10-12(15)4-5-13(11)16;/h4-5,10H,2-3,6-9H2,1H3,(H3,17,18,19);1H. The molecule has 21 heavy (non-hydrogen) atoms. The van der Waals surface area contributed by atoms with Gasteiger partial charge in [-0.3, -0.25) is 4.99 Å². The van der Waals surface area contributed by atoms with E-state index in [0.29, 0.717) is 44.2 Å². The summed E-state index contributed by atoms with van der Waals surface area (Å²) in [6.07, 6.45) is 1.15. The predicted molar refractivity (Wildman–Crippen MR) is 91.1 cm³/mol. The number of ether oxygens (including phenoxy) is 1. The quantitative estimate of drug-likeness (QED) is 0.298. The second kappa shape index (κ2) is 11.7. The lowest BCUT2D eigenvalue weighted by atomic mass is 10.1. The lowest BCUT2D eigenvalue weighted by Gasteiger charge is -2.07.